The monoisotopic (exact) mass is 1560 g/mol. The first kappa shape index (κ1) is 103. The van der Waals surface area contributed by atoms with Crippen LogP contribution in [0.2, 0.25) is 0 Å². The number of hydrogen-bond acceptors (Lipinski definition) is 15. The maximum atomic E-state index is 13.1. The molecular weight excluding hydrogens is 1400 g/mol. The first-order chi connectivity index (χ1) is 52.7. The molecule has 0 spiro atoms. The zero-order chi connectivity index (χ0) is 78.9. The zero-order valence-electron chi connectivity index (χ0n) is 68.0. The molecule has 0 fully saturated rings. The minimum absolute atomic E-state index is 0.0750. The van der Waals surface area contributed by atoms with Crippen molar-refractivity contribution in [3.8, 4) is 0 Å². The number of hydrogen-bond donors (Lipinski definition) is 3. The number of phosphoric acid groups is 2. The fourth-order valence-electron chi connectivity index (χ4n) is 11.2. The Kier molecular flexibility index (Phi) is 76.7. The molecule has 0 aliphatic carbocycles. The van der Waals surface area contributed by atoms with E-state index in [-0.39, 0.29) is 25.7 Å². The van der Waals surface area contributed by atoms with Crippen molar-refractivity contribution in [1.82, 2.24) is 0 Å². The number of carbonyl (C=O) groups excluding carboxylic acids is 4. The van der Waals surface area contributed by atoms with Gasteiger partial charge in [0.1, 0.15) is 19.3 Å². The molecule has 620 valence electrons. The lowest BCUT2D eigenvalue weighted by Gasteiger charge is -2.21. The third-order valence-electron chi connectivity index (χ3n) is 17.6. The van der Waals surface area contributed by atoms with Gasteiger partial charge in [-0.2, -0.15) is 0 Å². The molecule has 0 bridgehead atoms. The number of unbranched alkanes of at least 4 members (excludes halogenated alkanes) is 31. The van der Waals surface area contributed by atoms with Gasteiger partial charge in [-0.3, -0.25) is 37.3 Å². The molecule has 5 atom stereocenters. The summed E-state index contributed by atoms with van der Waals surface area (Å²) in [4.78, 5) is 73.2. The molecule has 17 nitrogen and oxygen atoms in total. The lowest BCUT2D eigenvalue weighted by molar-refractivity contribution is -0.161. The van der Waals surface area contributed by atoms with Crippen LogP contribution >= 0.6 is 15.6 Å². The molecule has 3 N–H and O–H groups in total. The molecule has 108 heavy (non-hydrogen) atoms. The van der Waals surface area contributed by atoms with E-state index in [9.17, 15) is 43.2 Å². The smallest absolute Gasteiger partial charge is 0.462 e. The second-order valence-electron chi connectivity index (χ2n) is 28.0. The highest BCUT2D eigenvalue weighted by molar-refractivity contribution is 7.47. The van der Waals surface area contributed by atoms with Gasteiger partial charge in [0.05, 0.1) is 26.4 Å². The molecule has 0 radical (unpaired) electrons. The minimum Gasteiger partial charge on any atom is -0.462 e. The van der Waals surface area contributed by atoms with Crippen LogP contribution < -0.4 is 0 Å². The Morgan fingerprint density at radius 1 is 0.269 bits per heavy atom. The lowest BCUT2D eigenvalue weighted by atomic mass is 10.0. The van der Waals surface area contributed by atoms with Crippen LogP contribution in [0.1, 0.15) is 349 Å². The maximum Gasteiger partial charge on any atom is 0.472 e. The maximum absolute atomic E-state index is 13.1. The van der Waals surface area contributed by atoms with Crippen molar-refractivity contribution in [2.45, 2.75) is 367 Å². The van der Waals surface area contributed by atoms with Crippen molar-refractivity contribution in [2.75, 3.05) is 39.6 Å². The summed E-state index contributed by atoms with van der Waals surface area (Å²) < 4.78 is 68.7. The van der Waals surface area contributed by atoms with Crippen LogP contribution in [0, 0.1) is 0 Å². The summed E-state index contributed by atoms with van der Waals surface area (Å²) in [5.41, 5.74) is 0. The van der Waals surface area contributed by atoms with Gasteiger partial charge in [-0.1, -0.05) is 315 Å². The number of phosphoric ester groups is 2. The molecule has 0 aromatic rings. The van der Waals surface area contributed by atoms with Gasteiger partial charge >= 0.3 is 39.5 Å². The Hall–Kier alpha value is -4.80. The van der Waals surface area contributed by atoms with Gasteiger partial charge in [-0.05, 0) is 141 Å². The SMILES string of the molecule is CC/C=C\C/C=C\C/C=C\C/C=C\C/C=C\CCCCCC(=O)OCC(COP(=O)(O)OCC(O)COP(=O)(O)OCC(COC(=O)CCCCC/C=C\C/C=C\C/C=C\C/C=C\C/C=C\CC)OC(=O)CCCCCCCCCCCCCCCCC)OC(=O)CCCCCCC/C=C\CCCCCCCC. The first-order valence-electron chi connectivity index (χ1n) is 42.4. The Labute approximate surface area is 656 Å². The number of aliphatic hydroxyl groups excluding tert-OH is 1. The van der Waals surface area contributed by atoms with E-state index >= 15 is 0 Å². The predicted octanol–water partition coefficient (Wildman–Crippen LogP) is 25.2. The minimum atomic E-state index is -4.99. The van der Waals surface area contributed by atoms with E-state index in [0.717, 1.165) is 167 Å². The first-order valence-corrected chi connectivity index (χ1v) is 45.4. The quantitative estimate of drug-likeness (QED) is 0.0169. The van der Waals surface area contributed by atoms with Crippen LogP contribution in [0.5, 0.6) is 0 Å². The highest BCUT2D eigenvalue weighted by Crippen LogP contribution is 2.45. The number of carbonyl (C=O) groups is 4. The second kappa shape index (κ2) is 80.3. The third kappa shape index (κ3) is 79.3. The average Bonchev–Trinajstić information content (AvgIpc) is 0.923. The van der Waals surface area contributed by atoms with Crippen LogP contribution in [0.3, 0.4) is 0 Å². The van der Waals surface area contributed by atoms with Crippen LogP contribution in [-0.4, -0.2) is 96.7 Å². The summed E-state index contributed by atoms with van der Waals surface area (Å²) in [5, 5.41) is 10.7. The number of esters is 4. The summed E-state index contributed by atoms with van der Waals surface area (Å²) in [7, 11) is -9.99. The van der Waals surface area contributed by atoms with Crippen molar-refractivity contribution < 1.29 is 80.2 Å². The molecule has 0 aliphatic heterocycles. The van der Waals surface area contributed by atoms with Gasteiger partial charge in [0.25, 0.3) is 0 Å². The Morgan fingerprint density at radius 2 is 0.481 bits per heavy atom. The molecule has 5 unspecified atom stereocenters. The van der Waals surface area contributed by atoms with Crippen molar-refractivity contribution in [2.24, 2.45) is 0 Å². The van der Waals surface area contributed by atoms with Gasteiger partial charge in [-0.25, -0.2) is 9.13 Å². The van der Waals surface area contributed by atoms with Gasteiger partial charge in [0, 0.05) is 25.7 Å². The molecule has 0 heterocycles. The van der Waals surface area contributed by atoms with Gasteiger partial charge < -0.3 is 33.8 Å². The number of allylic oxidation sites excluding steroid dienone is 22. The lowest BCUT2D eigenvalue weighted by Crippen LogP contribution is -2.30. The van der Waals surface area contributed by atoms with E-state index < -0.39 is 97.5 Å². The fourth-order valence-corrected chi connectivity index (χ4v) is 12.8. The topological polar surface area (TPSA) is 237 Å². The van der Waals surface area contributed by atoms with E-state index in [2.05, 4.69) is 161 Å². The van der Waals surface area contributed by atoms with E-state index in [4.69, 9.17) is 37.0 Å². The highest BCUT2D eigenvalue weighted by atomic mass is 31.2. The van der Waals surface area contributed by atoms with E-state index in [1.165, 1.54) is 103 Å². The molecule has 19 heteroatoms. The van der Waals surface area contributed by atoms with Crippen molar-refractivity contribution in [3.05, 3.63) is 134 Å². The molecule has 0 aliphatic rings. The summed E-state index contributed by atoms with van der Waals surface area (Å²) >= 11 is 0. The summed E-state index contributed by atoms with van der Waals surface area (Å²) in [6.07, 6.45) is 91.3. The molecule has 0 saturated carbocycles. The van der Waals surface area contributed by atoms with Crippen LogP contribution in [0.4, 0.5) is 0 Å². The third-order valence-corrected chi connectivity index (χ3v) is 19.5. The van der Waals surface area contributed by atoms with Crippen LogP contribution in [0.25, 0.3) is 0 Å². The summed E-state index contributed by atoms with van der Waals surface area (Å²) in [6.45, 7) is 4.61. The van der Waals surface area contributed by atoms with E-state index in [0.29, 0.717) is 25.7 Å². The summed E-state index contributed by atoms with van der Waals surface area (Å²) in [6, 6.07) is 0. The molecular formula is C89H152O17P2. The van der Waals surface area contributed by atoms with Crippen LogP contribution in [-0.2, 0) is 65.4 Å². The number of rotatable bonds is 79. The van der Waals surface area contributed by atoms with Gasteiger partial charge in [0.15, 0.2) is 12.2 Å². The molecule has 0 aromatic heterocycles. The largest absolute Gasteiger partial charge is 0.472 e. The fraction of sp³-hybridized carbons (Fsp3) is 0.708. The summed E-state index contributed by atoms with van der Waals surface area (Å²) in [5.74, 6) is -2.24. The molecule has 0 rings (SSSR count). The Balaban J connectivity index is 5.42. The normalized spacial score (nSPS) is 14.5. The van der Waals surface area contributed by atoms with Crippen molar-refractivity contribution in [1.29, 1.82) is 0 Å². The van der Waals surface area contributed by atoms with Gasteiger partial charge in [0.2, 0.25) is 0 Å². The Bertz CT molecular complexity index is 2560. The van der Waals surface area contributed by atoms with E-state index in [1.54, 1.807) is 0 Å². The van der Waals surface area contributed by atoms with E-state index in [1.807, 2.05) is 0 Å². The van der Waals surface area contributed by atoms with Crippen molar-refractivity contribution >= 4 is 39.5 Å². The Morgan fingerprint density at radius 3 is 0.759 bits per heavy atom. The van der Waals surface area contributed by atoms with Crippen LogP contribution in [0.15, 0.2) is 134 Å². The van der Waals surface area contributed by atoms with Gasteiger partial charge in [-0.15, -0.1) is 0 Å². The standard InChI is InChI=1S/C89H152O17P2/c1-5-9-13-17-21-25-29-33-37-39-41-43-47-49-53-57-61-65-69-73-86(91)99-79-84(105-88(93)75-71-67-63-59-55-51-45-35-31-27-23-19-15-11-7-3)81-103-107(95,96)101-77-83(90)78-102-108(97,98)104-82-85(106-89(94)76-72-68-64-60-56-52-46-36-32-28-24-20-16-12-8-4)80-100-87(92)74-70-66-62-58-54-50-48-44-42-40-38-34-30-26-22-18-14-10-6-2/h9-10,13-14,21-22,25-26,33-35,37-38,41-45,49-50,53-54,83-85,90H,5-8,11-12,15-20,23-24,27-32,36,39-40,46-48,51-52,55-82H2,1-4H3,(H,95,96)(H,97,98)/b13-9-,14-10-,25-21-,26-22-,37-33-,38-34-,43-41-,44-42-,45-35-,53-49-,54-50-. The van der Waals surface area contributed by atoms with Crippen molar-refractivity contribution in [3.63, 3.8) is 0 Å². The number of ether oxygens (including phenoxy) is 4. The predicted molar refractivity (Wildman–Crippen MR) is 445 cm³/mol. The highest BCUT2D eigenvalue weighted by Gasteiger charge is 2.30. The zero-order valence-corrected chi connectivity index (χ0v) is 69.8. The molecule has 0 aromatic carbocycles. The second-order valence-corrected chi connectivity index (χ2v) is 30.9. The molecule has 0 amide bonds. The molecule has 0 saturated heterocycles. The average molecular weight is 1560 g/mol. The number of aliphatic hydroxyl groups is 1.